The number of ketones is 1. The van der Waals surface area contributed by atoms with Gasteiger partial charge in [-0.2, -0.15) is 0 Å². The minimum atomic E-state index is -1.62. The number of carboxylic acid groups (broad SMARTS) is 1. The van der Waals surface area contributed by atoms with Crippen LogP contribution in [-0.2, 0) is 16.6 Å². The lowest BCUT2D eigenvalue weighted by Gasteiger charge is -2.03. The highest BCUT2D eigenvalue weighted by atomic mass is 16.7. The van der Waals surface area contributed by atoms with Crippen LogP contribution in [0, 0.1) is 0 Å². The zero-order valence-corrected chi connectivity index (χ0v) is 11.0. The first-order valence-corrected chi connectivity index (χ1v) is 6.04. The number of nitrogens with zero attached hydrogens (tertiary/aromatic N) is 1. The van der Waals surface area contributed by atoms with Crippen LogP contribution in [0.25, 0.3) is 16.7 Å². The van der Waals surface area contributed by atoms with Crippen molar-refractivity contribution in [1.82, 2.24) is 4.57 Å². The van der Waals surface area contributed by atoms with Crippen molar-refractivity contribution in [3.63, 3.8) is 0 Å². The molecule has 0 saturated carbocycles. The molecule has 21 heavy (non-hydrogen) atoms. The van der Waals surface area contributed by atoms with Gasteiger partial charge in [-0.1, -0.05) is 0 Å². The van der Waals surface area contributed by atoms with Crippen molar-refractivity contribution in [1.29, 1.82) is 0 Å². The van der Waals surface area contributed by atoms with Crippen LogP contribution < -0.4 is 9.47 Å². The Morgan fingerprint density at radius 1 is 1.19 bits per heavy atom. The normalized spacial score (nSPS) is 13.7. The Morgan fingerprint density at radius 3 is 2.52 bits per heavy atom. The van der Waals surface area contributed by atoms with E-state index in [4.69, 9.17) is 14.6 Å². The van der Waals surface area contributed by atoms with Crippen LogP contribution >= 0.6 is 0 Å². The van der Waals surface area contributed by atoms with E-state index in [-0.39, 0.29) is 6.79 Å². The number of carbonyl (C=O) groups is 2. The van der Waals surface area contributed by atoms with E-state index in [1.807, 2.05) is 0 Å². The highest BCUT2D eigenvalue weighted by Gasteiger charge is 2.19. The van der Waals surface area contributed by atoms with E-state index in [1.54, 1.807) is 29.8 Å². The summed E-state index contributed by atoms with van der Waals surface area (Å²) in [4.78, 5) is 21.6. The van der Waals surface area contributed by atoms with Gasteiger partial charge in [-0.05, 0) is 12.1 Å². The van der Waals surface area contributed by atoms with Gasteiger partial charge in [0.05, 0.1) is 11.2 Å². The summed E-state index contributed by atoms with van der Waals surface area (Å²) in [6, 6.07) is 5.15. The maximum absolute atomic E-state index is 11.1. The molecule has 0 aliphatic carbocycles. The number of hydrogen-bond donors (Lipinski definition) is 2. The minimum absolute atomic E-state index is 0.163. The molecule has 1 aliphatic rings. The van der Waals surface area contributed by atoms with Gasteiger partial charge >= 0.3 is 5.97 Å². The monoisotopic (exact) mass is 289 g/mol. The highest BCUT2D eigenvalue weighted by Crippen LogP contribution is 2.37. The molecule has 0 atom stereocenters. The average molecular weight is 289 g/mol. The van der Waals surface area contributed by atoms with Crippen molar-refractivity contribution in [3.8, 4) is 11.5 Å². The molecule has 1 aromatic carbocycles. The third-order valence-electron chi connectivity index (χ3n) is 3.28. The maximum Gasteiger partial charge on any atom is 0.376 e. The van der Waals surface area contributed by atoms with Crippen molar-refractivity contribution in [2.45, 2.75) is 0 Å². The molecule has 108 valence electrons. The molecular weight excluding hydrogens is 278 g/mol. The van der Waals surface area contributed by atoms with Crippen LogP contribution in [0.4, 0.5) is 0 Å². The van der Waals surface area contributed by atoms with Gasteiger partial charge in [0.2, 0.25) is 6.79 Å². The fourth-order valence-electron chi connectivity index (χ4n) is 2.23. The predicted molar refractivity (Wildman–Crippen MR) is 72.3 cm³/mol. The first-order chi connectivity index (χ1) is 9.97. The van der Waals surface area contributed by atoms with Crippen LogP contribution in [0.1, 0.15) is 5.69 Å². The van der Waals surface area contributed by atoms with Crippen molar-refractivity contribution < 1.29 is 29.3 Å². The Morgan fingerprint density at radius 2 is 1.86 bits per heavy atom. The van der Waals surface area contributed by atoms with E-state index >= 15 is 0 Å². The lowest BCUT2D eigenvalue weighted by molar-refractivity contribution is -0.146. The first kappa shape index (κ1) is 13.0. The van der Waals surface area contributed by atoms with Crippen LogP contribution in [0.15, 0.2) is 24.3 Å². The summed E-state index contributed by atoms with van der Waals surface area (Å²) in [7, 11) is 1.69. The lowest BCUT2D eigenvalue weighted by atomic mass is 10.2. The second-order valence-electron chi connectivity index (χ2n) is 4.55. The van der Waals surface area contributed by atoms with E-state index in [9.17, 15) is 14.7 Å². The number of benzene rings is 1. The quantitative estimate of drug-likeness (QED) is 0.504. The molecule has 0 amide bonds. The number of aliphatic carboxylic acids is 1. The number of carbonyl (C=O) groups excluding carboxylic acids is 1. The van der Waals surface area contributed by atoms with Crippen molar-refractivity contribution in [2.75, 3.05) is 6.79 Å². The molecule has 0 fully saturated rings. The zero-order valence-electron chi connectivity index (χ0n) is 11.0. The van der Waals surface area contributed by atoms with Gasteiger partial charge in [0.1, 0.15) is 5.76 Å². The highest BCUT2D eigenvalue weighted by molar-refractivity contribution is 6.38. The largest absolute Gasteiger partial charge is 0.506 e. The number of fused-ring (bicyclic) bond motifs is 2. The summed E-state index contributed by atoms with van der Waals surface area (Å²) in [5.74, 6) is -2.03. The molecule has 7 heteroatoms. The summed E-state index contributed by atoms with van der Waals surface area (Å²) in [5.41, 5.74) is 1.08. The Bertz CT molecular complexity index is 801. The molecule has 7 nitrogen and oxygen atoms in total. The van der Waals surface area contributed by atoms with Gasteiger partial charge < -0.3 is 24.3 Å². The molecule has 1 aliphatic heterocycles. The summed E-state index contributed by atoms with van der Waals surface area (Å²) in [6.07, 6.45) is 0.678. The fraction of sp³-hybridized carbons (Fsp3) is 0.143. The van der Waals surface area contributed by atoms with Crippen LogP contribution in [0.5, 0.6) is 11.5 Å². The maximum atomic E-state index is 11.1. The average Bonchev–Trinajstić information content (AvgIpc) is 3.01. The van der Waals surface area contributed by atoms with E-state index < -0.39 is 17.5 Å². The number of hydrogen-bond acceptors (Lipinski definition) is 5. The second kappa shape index (κ2) is 4.55. The summed E-state index contributed by atoms with van der Waals surface area (Å²) >= 11 is 0. The molecular formula is C14H11NO6. The molecule has 0 spiro atoms. The van der Waals surface area contributed by atoms with E-state index in [0.29, 0.717) is 23.3 Å². The van der Waals surface area contributed by atoms with Crippen LogP contribution in [0.3, 0.4) is 0 Å². The molecule has 0 bridgehead atoms. The number of aliphatic hydroxyl groups is 1. The smallest absolute Gasteiger partial charge is 0.376 e. The standard InChI is InChI=1S/C14H11NO6/c1-15-8-4-13-12(20-6-21-13)3-7(8)2-9(15)10(16)5-11(17)14(18)19/h2-5,16H,6H2,1H3,(H,18,19). The van der Waals surface area contributed by atoms with Crippen LogP contribution in [0.2, 0.25) is 0 Å². The Labute approximate surface area is 118 Å². The van der Waals surface area contributed by atoms with Crippen molar-refractivity contribution in [3.05, 3.63) is 30.0 Å². The molecule has 2 N–H and O–H groups in total. The molecule has 0 unspecified atom stereocenters. The molecule has 2 aromatic rings. The number of aliphatic hydroxyl groups excluding tert-OH is 1. The van der Waals surface area contributed by atoms with Gasteiger partial charge in [-0.25, -0.2) is 4.79 Å². The Balaban J connectivity index is 2.10. The number of rotatable bonds is 3. The van der Waals surface area contributed by atoms with Gasteiger partial charge in [-0.3, -0.25) is 4.79 Å². The molecule has 0 saturated heterocycles. The number of aryl methyl sites for hydroxylation is 1. The number of carboxylic acids is 1. The van der Waals surface area contributed by atoms with E-state index in [1.165, 1.54) is 0 Å². The summed E-state index contributed by atoms with van der Waals surface area (Å²) < 4.78 is 12.2. The van der Waals surface area contributed by atoms with Gasteiger partial charge in [0, 0.05) is 24.6 Å². The third-order valence-corrected chi connectivity index (χ3v) is 3.28. The van der Waals surface area contributed by atoms with Crippen molar-refractivity contribution in [2.24, 2.45) is 7.05 Å². The summed E-state index contributed by atoms with van der Waals surface area (Å²) in [5, 5.41) is 19.3. The topological polar surface area (TPSA) is 98.0 Å². The Hall–Kier alpha value is -2.96. The fourth-order valence-corrected chi connectivity index (χ4v) is 2.23. The van der Waals surface area contributed by atoms with E-state index in [2.05, 4.69) is 0 Å². The molecule has 2 heterocycles. The molecule has 1 aromatic heterocycles. The molecule has 0 radical (unpaired) electrons. The zero-order chi connectivity index (χ0) is 15.1. The predicted octanol–water partition coefficient (Wildman–Crippen LogP) is 1.46. The minimum Gasteiger partial charge on any atom is -0.506 e. The van der Waals surface area contributed by atoms with Crippen LogP contribution in [-0.4, -0.2) is 33.3 Å². The van der Waals surface area contributed by atoms with Crippen molar-refractivity contribution >= 4 is 28.4 Å². The SMILES string of the molecule is Cn1c(C(O)=CC(=O)C(=O)O)cc2cc3c(cc21)OCO3. The van der Waals surface area contributed by atoms with Gasteiger partial charge in [0.25, 0.3) is 5.78 Å². The van der Waals surface area contributed by atoms with Gasteiger partial charge in [0.15, 0.2) is 11.5 Å². The lowest BCUT2D eigenvalue weighted by Crippen LogP contribution is -2.10. The summed E-state index contributed by atoms with van der Waals surface area (Å²) in [6.45, 7) is 0.163. The Kier molecular flexibility index (Phi) is 2.83. The number of aromatic nitrogens is 1. The number of ether oxygens (including phenoxy) is 2. The second-order valence-corrected chi connectivity index (χ2v) is 4.55. The van der Waals surface area contributed by atoms with Gasteiger partial charge in [-0.15, -0.1) is 0 Å². The third kappa shape index (κ3) is 2.08. The molecule has 3 rings (SSSR count). The van der Waals surface area contributed by atoms with E-state index in [0.717, 1.165) is 10.9 Å². The first-order valence-electron chi connectivity index (χ1n) is 6.04.